The van der Waals surface area contributed by atoms with Crippen molar-refractivity contribution in [2.45, 2.75) is 38.2 Å². The van der Waals surface area contributed by atoms with E-state index < -0.39 is 23.1 Å². The number of methoxy groups -OCH3 is 1. The maximum atomic E-state index is 13.6. The number of aliphatic carboxylic acids is 1. The molecule has 0 saturated carbocycles. The number of rotatable bonds is 6. The Bertz CT molecular complexity index is 1960. The van der Waals surface area contributed by atoms with Gasteiger partial charge in [0.05, 0.1) is 42.0 Å². The van der Waals surface area contributed by atoms with E-state index in [4.69, 9.17) is 9.47 Å². The highest BCUT2D eigenvalue weighted by atomic mass is 16.6. The molecule has 1 saturated heterocycles. The Hall–Kier alpha value is -5.19. The number of aromatic nitrogens is 4. The minimum Gasteiger partial charge on any atom is -0.481 e. The second-order valence-corrected chi connectivity index (χ2v) is 12.2. The first-order valence-electron chi connectivity index (χ1n) is 14.2. The Morgan fingerprint density at radius 2 is 1.68 bits per heavy atom. The van der Waals surface area contributed by atoms with Gasteiger partial charge in [-0.25, -0.2) is 14.6 Å². The minimum atomic E-state index is -0.954. The van der Waals surface area contributed by atoms with Gasteiger partial charge in [0.2, 0.25) is 5.88 Å². The van der Waals surface area contributed by atoms with Gasteiger partial charge in [-0.2, -0.15) is 0 Å². The monoisotopic (exact) mass is 595 g/mol. The molecule has 0 radical (unpaired) electrons. The molecule has 0 bridgehead atoms. The largest absolute Gasteiger partial charge is 0.481 e. The molecular weight excluding hydrogens is 562 g/mol. The molecular formula is C33H33N5O6. The van der Waals surface area contributed by atoms with Crippen molar-refractivity contribution in [3.8, 4) is 22.7 Å². The van der Waals surface area contributed by atoms with Crippen LogP contribution in [0.25, 0.3) is 38.8 Å². The van der Waals surface area contributed by atoms with Crippen molar-refractivity contribution >= 4 is 34.0 Å². The van der Waals surface area contributed by atoms with Crippen molar-refractivity contribution in [3.05, 3.63) is 83.0 Å². The van der Waals surface area contributed by atoms with Crippen LogP contribution in [0.2, 0.25) is 0 Å². The molecule has 11 nitrogen and oxygen atoms in total. The number of carboxylic acids is 1. The Balaban J connectivity index is 1.40. The number of ether oxygens (including phenoxy) is 2. The lowest BCUT2D eigenvalue weighted by atomic mass is 9.71. The van der Waals surface area contributed by atoms with Crippen molar-refractivity contribution in [3.63, 3.8) is 0 Å². The van der Waals surface area contributed by atoms with Gasteiger partial charge in [0.25, 0.3) is 0 Å². The Labute approximate surface area is 253 Å². The quantitative estimate of drug-likeness (QED) is 0.293. The van der Waals surface area contributed by atoms with E-state index in [2.05, 4.69) is 9.97 Å². The van der Waals surface area contributed by atoms with E-state index in [9.17, 15) is 19.5 Å². The molecule has 44 heavy (non-hydrogen) atoms. The summed E-state index contributed by atoms with van der Waals surface area (Å²) in [6.07, 6.45) is 2.82. The molecule has 6 rings (SSSR count). The zero-order valence-electron chi connectivity index (χ0n) is 25.2. The second-order valence-electron chi connectivity index (χ2n) is 12.2. The number of fused-ring (bicyclic) bond motifs is 3. The molecule has 0 unspecified atom stereocenters. The normalized spacial score (nSPS) is 14.4. The summed E-state index contributed by atoms with van der Waals surface area (Å²) in [5, 5.41) is 10.5. The van der Waals surface area contributed by atoms with Crippen molar-refractivity contribution in [1.29, 1.82) is 0 Å². The number of carbonyl (C=O) groups excluding carboxylic acids is 1. The third-order valence-corrected chi connectivity index (χ3v) is 8.03. The number of pyridine rings is 2. The predicted octanol–water partition coefficient (Wildman–Crippen LogP) is 4.91. The number of hydrogen-bond donors (Lipinski definition) is 1. The zero-order chi connectivity index (χ0) is 31.4. The van der Waals surface area contributed by atoms with Crippen molar-refractivity contribution in [2.75, 3.05) is 20.2 Å². The van der Waals surface area contributed by atoms with Gasteiger partial charge in [0.15, 0.2) is 0 Å². The molecule has 1 N–H and O–H groups in total. The van der Waals surface area contributed by atoms with Gasteiger partial charge in [-0.15, -0.1) is 0 Å². The molecule has 0 aliphatic carbocycles. The average molecular weight is 596 g/mol. The van der Waals surface area contributed by atoms with Crippen LogP contribution >= 0.6 is 0 Å². The first kappa shape index (κ1) is 28.9. The van der Waals surface area contributed by atoms with Gasteiger partial charge in [-0.3, -0.25) is 18.9 Å². The number of hydrogen-bond acceptors (Lipinski definition) is 7. The molecule has 1 amide bonds. The molecule has 226 valence electrons. The SMILES string of the molecule is COc1ccc(-c2ccc3ncc4c(c3c2)n(-c2ccc(C3(CC(=O)O)CN(C(=O)OC(C)(C)C)C3)cc2)c(=O)n4C)cn1. The van der Waals surface area contributed by atoms with Crippen LogP contribution in [-0.2, 0) is 22.0 Å². The molecule has 1 aliphatic rings. The van der Waals surface area contributed by atoms with Gasteiger partial charge in [0.1, 0.15) is 5.60 Å². The second kappa shape index (κ2) is 10.5. The third-order valence-electron chi connectivity index (χ3n) is 8.03. The van der Waals surface area contributed by atoms with Gasteiger partial charge in [-0.1, -0.05) is 18.2 Å². The van der Waals surface area contributed by atoms with Gasteiger partial charge < -0.3 is 19.5 Å². The number of likely N-dealkylation sites (tertiary alicyclic amines) is 1. The highest BCUT2D eigenvalue weighted by Gasteiger charge is 2.49. The molecule has 1 aliphatic heterocycles. The number of carboxylic acid groups (broad SMARTS) is 1. The number of benzene rings is 2. The standard InChI is InChI=1S/C33H33N5O6/c1-32(2,3)44-31(42)37-18-33(19-37,15-28(39)40)22-8-10-23(11-9-22)38-29-24-14-20(21-7-13-27(43-5)35-16-21)6-12-25(24)34-17-26(29)36(4)30(38)41/h6-14,16-17H,15,18-19H2,1-5H3,(H,39,40). The molecule has 5 aromatic rings. The third kappa shape index (κ3) is 5.04. The molecule has 0 atom stereocenters. The summed E-state index contributed by atoms with van der Waals surface area (Å²) in [6, 6.07) is 16.9. The summed E-state index contributed by atoms with van der Waals surface area (Å²) in [5.74, 6) is -0.437. The predicted molar refractivity (Wildman–Crippen MR) is 165 cm³/mol. The smallest absolute Gasteiger partial charge is 0.410 e. The fourth-order valence-electron chi connectivity index (χ4n) is 5.88. The lowest BCUT2D eigenvalue weighted by Crippen LogP contribution is -2.62. The van der Waals surface area contributed by atoms with Gasteiger partial charge in [0, 0.05) is 48.8 Å². The van der Waals surface area contributed by atoms with Crippen LogP contribution in [0.3, 0.4) is 0 Å². The van der Waals surface area contributed by atoms with E-state index in [0.717, 1.165) is 27.6 Å². The summed E-state index contributed by atoms with van der Waals surface area (Å²) in [6.45, 7) is 5.82. The van der Waals surface area contributed by atoms with Crippen LogP contribution in [-0.4, -0.2) is 67.0 Å². The van der Waals surface area contributed by atoms with E-state index in [1.54, 1.807) is 62.5 Å². The van der Waals surface area contributed by atoms with E-state index in [-0.39, 0.29) is 25.2 Å². The van der Waals surface area contributed by atoms with Crippen LogP contribution in [0.4, 0.5) is 4.79 Å². The summed E-state index contributed by atoms with van der Waals surface area (Å²) < 4.78 is 13.9. The first-order valence-corrected chi connectivity index (χ1v) is 14.2. The first-order chi connectivity index (χ1) is 20.9. The van der Waals surface area contributed by atoms with Crippen LogP contribution in [0.15, 0.2) is 71.8 Å². The Morgan fingerprint density at radius 3 is 2.30 bits per heavy atom. The number of nitrogens with zero attached hydrogens (tertiary/aromatic N) is 5. The maximum absolute atomic E-state index is 13.6. The molecule has 0 spiro atoms. The highest BCUT2D eigenvalue weighted by molar-refractivity contribution is 6.04. The molecule has 2 aromatic carbocycles. The minimum absolute atomic E-state index is 0.140. The summed E-state index contributed by atoms with van der Waals surface area (Å²) >= 11 is 0. The Morgan fingerprint density at radius 1 is 0.977 bits per heavy atom. The number of imidazole rings is 1. The molecule has 4 heterocycles. The molecule has 1 fully saturated rings. The van der Waals surface area contributed by atoms with E-state index in [1.807, 2.05) is 48.5 Å². The van der Waals surface area contributed by atoms with E-state index in [1.165, 1.54) is 4.90 Å². The average Bonchev–Trinajstić information content (AvgIpc) is 3.23. The topological polar surface area (TPSA) is 129 Å². The van der Waals surface area contributed by atoms with Crippen LogP contribution in [0, 0.1) is 0 Å². The van der Waals surface area contributed by atoms with Crippen LogP contribution in [0.1, 0.15) is 32.8 Å². The fraction of sp³-hybridized carbons (Fsp3) is 0.303. The fourth-order valence-corrected chi connectivity index (χ4v) is 5.88. The maximum Gasteiger partial charge on any atom is 0.410 e. The van der Waals surface area contributed by atoms with E-state index in [0.29, 0.717) is 22.6 Å². The summed E-state index contributed by atoms with van der Waals surface area (Å²) in [4.78, 5) is 48.5. The zero-order valence-corrected chi connectivity index (χ0v) is 25.2. The van der Waals surface area contributed by atoms with Crippen LogP contribution in [0.5, 0.6) is 5.88 Å². The molecule has 11 heteroatoms. The van der Waals surface area contributed by atoms with Crippen molar-refractivity contribution in [2.24, 2.45) is 7.05 Å². The van der Waals surface area contributed by atoms with Gasteiger partial charge >= 0.3 is 17.8 Å². The number of aryl methyl sites for hydroxylation is 1. The van der Waals surface area contributed by atoms with Crippen molar-refractivity contribution in [1.82, 2.24) is 24.0 Å². The lowest BCUT2D eigenvalue weighted by molar-refractivity contribution is -0.140. The van der Waals surface area contributed by atoms with Crippen molar-refractivity contribution < 1.29 is 24.2 Å². The van der Waals surface area contributed by atoms with Gasteiger partial charge in [-0.05, 0) is 62.2 Å². The summed E-state index contributed by atoms with van der Waals surface area (Å²) in [5.41, 5.74) is 3.67. The van der Waals surface area contributed by atoms with Crippen LogP contribution < -0.4 is 10.4 Å². The Kier molecular flexibility index (Phi) is 6.91. The number of amides is 1. The lowest BCUT2D eigenvalue weighted by Gasteiger charge is -2.49. The summed E-state index contributed by atoms with van der Waals surface area (Å²) in [7, 11) is 3.28. The van der Waals surface area contributed by atoms with E-state index >= 15 is 0 Å². The number of carbonyl (C=O) groups is 2. The molecule has 3 aromatic heterocycles. The highest BCUT2D eigenvalue weighted by Crippen LogP contribution is 2.39.